The average molecular weight is 320 g/mol. The topological polar surface area (TPSA) is 73.4 Å². The van der Waals surface area contributed by atoms with E-state index in [1.807, 2.05) is 11.6 Å². The molecule has 2 rings (SSSR count). The average Bonchev–Trinajstić information content (AvgIpc) is 2.90. The van der Waals surface area contributed by atoms with Crippen molar-refractivity contribution in [1.82, 2.24) is 14.5 Å². The summed E-state index contributed by atoms with van der Waals surface area (Å²) in [7, 11) is 5.42. The third kappa shape index (κ3) is 3.40. The Morgan fingerprint density at radius 1 is 1.41 bits per heavy atom. The lowest BCUT2D eigenvalue weighted by Crippen LogP contribution is -2.26. The number of hydrogen-bond donors (Lipinski definition) is 0. The Hall–Kier alpha value is -2.48. The predicted octanol–water partition coefficient (Wildman–Crippen LogP) is 2.28. The van der Waals surface area contributed by atoms with Gasteiger partial charge in [-0.15, -0.1) is 0 Å². The van der Waals surface area contributed by atoms with Crippen LogP contribution >= 0.6 is 12.2 Å². The van der Waals surface area contributed by atoms with E-state index in [4.69, 9.17) is 17.0 Å². The van der Waals surface area contributed by atoms with Gasteiger partial charge in [-0.3, -0.25) is 10.1 Å². The molecule has 7 nitrogen and oxygen atoms in total. The predicted molar refractivity (Wildman–Crippen MR) is 85.5 cm³/mol. The van der Waals surface area contributed by atoms with Gasteiger partial charge in [0.25, 0.3) is 10.9 Å². The van der Waals surface area contributed by atoms with Gasteiger partial charge in [0.2, 0.25) is 0 Å². The number of nitro groups is 1. The first-order chi connectivity index (χ1) is 10.4. The highest BCUT2D eigenvalue weighted by Crippen LogP contribution is 2.27. The Labute approximate surface area is 133 Å². The number of imidazole rings is 1. The van der Waals surface area contributed by atoms with Gasteiger partial charge in [0.1, 0.15) is 0 Å². The molecule has 1 unspecified atom stereocenters. The van der Waals surface area contributed by atoms with Gasteiger partial charge in [-0.05, 0) is 24.4 Å². The number of aromatic nitrogens is 2. The zero-order chi connectivity index (χ0) is 16.3. The zero-order valence-corrected chi connectivity index (χ0v) is 13.3. The molecule has 1 atom stereocenters. The first-order valence-electron chi connectivity index (χ1n) is 6.49. The van der Waals surface area contributed by atoms with Crippen molar-refractivity contribution in [3.63, 3.8) is 0 Å². The van der Waals surface area contributed by atoms with Gasteiger partial charge in [0.15, 0.2) is 11.9 Å². The minimum Gasteiger partial charge on any atom is -0.454 e. The number of nitro benzene ring substituents is 1. The van der Waals surface area contributed by atoms with E-state index in [1.54, 1.807) is 43.5 Å². The van der Waals surface area contributed by atoms with Crippen LogP contribution in [0.4, 0.5) is 5.69 Å². The standard InChI is InChI=1S/C14H16N4O3S/c1-16(2)14(22)21-12(13-15-8-9-17(13)3)10-4-6-11(7-5-10)18(19)20/h4-9,12H,1-3H3. The number of rotatable bonds is 4. The highest BCUT2D eigenvalue weighted by molar-refractivity contribution is 7.80. The SMILES string of the molecule is CN(C)C(=S)OC(c1ccc([N+](=O)[O-])cc1)c1nccn1C. The van der Waals surface area contributed by atoms with Crippen molar-refractivity contribution < 1.29 is 9.66 Å². The Morgan fingerprint density at radius 3 is 2.50 bits per heavy atom. The van der Waals surface area contributed by atoms with E-state index in [2.05, 4.69) is 4.98 Å². The van der Waals surface area contributed by atoms with Gasteiger partial charge in [0.05, 0.1) is 4.92 Å². The molecule has 0 aliphatic carbocycles. The molecule has 0 saturated carbocycles. The third-order valence-electron chi connectivity index (χ3n) is 3.08. The molecule has 1 aromatic heterocycles. The fourth-order valence-electron chi connectivity index (χ4n) is 1.88. The first-order valence-corrected chi connectivity index (χ1v) is 6.90. The van der Waals surface area contributed by atoms with Crippen LogP contribution in [0.2, 0.25) is 0 Å². The van der Waals surface area contributed by atoms with Crippen LogP contribution in [0.25, 0.3) is 0 Å². The summed E-state index contributed by atoms with van der Waals surface area (Å²) >= 11 is 5.20. The molecular formula is C14H16N4O3S. The molecule has 2 aromatic rings. The fraction of sp³-hybridized carbons (Fsp3) is 0.286. The quantitative estimate of drug-likeness (QED) is 0.489. The zero-order valence-electron chi connectivity index (χ0n) is 12.5. The molecule has 1 heterocycles. The third-order valence-corrected chi connectivity index (χ3v) is 3.54. The smallest absolute Gasteiger partial charge is 0.269 e. The van der Waals surface area contributed by atoms with Gasteiger partial charge in [-0.1, -0.05) is 0 Å². The van der Waals surface area contributed by atoms with Crippen molar-refractivity contribution in [3.8, 4) is 0 Å². The molecule has 116 valence electrons. The van der Waals surface area contributed by atoms with Gasteiger partial charge >= 0.3 is 0 Å². The fourth-order valence-corrected chi connectivity index (χ4v) is 1.97. The van der Waals surface area contributed by atoms with E-state index in [0.29, 0.717) is 11.0 Å². The maximum atomic E-state index is 10.8. The Morgan fingerprint density at radius 2 is 2.05 bits per heavy atom. The monoisotopic (exact) mass is 320 g/mol. The van der Waals surface area contributed by atoms with Gasteiger partial charge in [0, 0.05) is 51.2 Å². The summed E-state index contributed by atoms with van der Waals surface area (Å²) < 4.78 is 7.65. The van der Waals surface area contributed by atoms with E-state index in [-0.39, 0.29) is 5.69 Å². The van der Waals surface area contributed by atoms with Crippen LogP contribution < -0.4 is 0 Å². The second-order valence-electron chi connectivity index (χ2n) is 4.90. The Balaban J connectivity index is 2.37. The molecule has 22 heavy (non-hydrogen) atoms. The molecule has 0 spiro atoms. The molecule has 0 saturated heterocycles. The van der Waals surface area contributed by atoms with Crippen LogP contribution in [0.3, 0.4) is 0 Å². The number of ether oxygens (including phenoxy) is 1. The lowest BCUT2D eigenvalue weighted by atomic mass is 10.1. The largest absolute Gasteiger partial charge is 0.454 e. The Bertz CT molecular complexity index is 682. The summed E-state index contributed by atoms with van der Waals surface area (Å²) in [6.07, 6.45) is 2.93. The summed E-state index contributed by atoms with van der Waals surface area (Å²) in [4.78, 5) is 16.3. The maximum Gasteiger partial charge on any atom is 0.269 e. The highest BCUT2D eigenvalue weighted by Gasteiger charge is 2.23. The van der Waals surface area contributed by atoms with Crippen LogP contribution in [0.5, 0.6) is 0 Å². The number of thiocarbonyl (C=S) groups is 1. The van der Waals surface area contributed by atoms with Crippen LogP contribution in [0.1, 0.15) is 17.5 Å². The highest BCUT2D eigenvalue weighted by atomic mass is 32.1. The van der Waals surface area contributed by atoms with Crippen molar-refractivity contribution in [1.29, 1.82) is 0 Å². The number of hydrogen-bond acceptors (Lipinski definition) is 5. The lowest BCUT2D eigenvalue weighted by molar-refractivity contribution is -0.384. The maximum absolute atomic E-state index is 10.8. The summed E-state index contributed by atoms with van der Waals surface area (Å²) in [6.45, 7) is 0. The second kappa shape index (κ2) is 6.52. The number of aryl methyl sites for hydroxylation is 1. The van der Waals surface area contributed by atoms with E-state index >= 15 is 0 Å². The minimum absolute atomic E-state index is 0.0255. The summed E-state index contributed by atoms with van der Waals surface area (Å²) in [5.74, 6) is 0.665. The minimum atomic E-state index is -0.532. The molecule has 0 fully saturated rings. The van der Waals surface area contributed by atoms with Crippen molar-refractivity contribution in [2.75, 3.05) is 14.1 Å². The normalized spacial score (nSPS) is 11.8. The molecule has 0 aliphatic heterocycles. The van der Waals surface area contributed by atoms with Crippen LogP contribution in [-0.2, 0) is 11.8 Å². The molecule has 0 N–H and O–H groups in total. The van der Waals surface area contributed by atoms with Crippen molar-refractivity contribution in [3.05, 3.63) is 58.2 Å². The first kappa shape index (κ1) is 15.9. The molecule has 0 aliphatic rings. The van der Waals surface area contributed by atoms with E-state index in [0.717, 1.165) is 5.56 Å². The van der Waals surface area contributed by atoms with E-state index in [1.165, 1.54) is 12.1 Å². The molecule has 1 aromatic carbocycles. The van der Waals surface area contributed by atoms with Gasteiger partial charge in [-0.25, -0.2) is 4.98 Å². The number of non-ortho nitro benzene ring substituents is 1. The number of benzene rings is 1. The molecule has 0 amide bonds. The van der Waals surface area contributed by atoms with Gasteiger partial charge in [-0.2, -0.15) is 0 Å². The van der Waals surface area contributed by atoms with Crippen LogP contribution in [-0.4, -0.2) is 38.6 Å². The van der Waals surface area contributed by atoms with Crippen LogP contribution in [0, 0.1) is 10.1 Å². The summed E-state index contributed by atoms with van der Waals surface area (Å²) in [5.41, 5.74) is 0.765. The Kier molecular flexibility index (Phi) is 4.71. The van der Waals surface area contributed by atoms with E-state index < -0.39 is 11.0 Å². The number of nitrogens with zero attached hydrogens (tertiary/aromatic N) is 4. The molecule has 0 bridgehead atoms. The summed E-state index contributed by atoms with van der Waals surface area (Å²) in [6, 6.07) is 6.17. The van der Waals surface area contributed by atoms with Crippen molar-refractivity contribution in [2.45, 2.75) is 6.10 Å². The lowest BCUT2D eigenvalue weighted by Gasteiger charge is -2.22. The molecule has 0 radical (unpaired) electrons. The molecule has 8 heteroatoms. The van der Waals surface area contributed by atoms with Crippen LogP contribution in [0.15, 0.2) is 36.7 Å². The van der Waals surface area contributed by atoms with E-state index in [9.17, 15) is 10.1 Å². The summed E-state index contributed by atoms with van der Waals surface area (Å²) in [5, 5.41) is 11.1. The second-order valence-corrected chi connectivity index (χ2v) is 5.25. The van der Waals surface area contributed by atoms with Gasteiger partial charge < -0.3 is 14.2 Å². The van der Waals surface area contributed by atoms with Crippen molar-refractivity contribution >= 4 is 23.1 Å². The molecular weight excluding hydrogens is 304 g/mol. The van der Waals surface area contributed by atoms with Crippen molar-refractivity contribution in [2.24, 2.45) is 7.05 Å².